The number of carbonyl (C=O) groups excluding carboxylic acids is 1. The first-order valence-corrected chi connectivity index (χ1v) is 7.87. The van der Waals surface area contributed by atoms with Crippen molar-refractivity contribution in [2.75, 3.05) is 6.54 Å². The molecular weight excluding hydrogens is 302 g/mol. The van der Waals surface area contributed by atoms with Crippen LogP contribution >= 0.6 is 0 Å². The Morgan fingerprint density at radius 3 is 2.75 bits per heavy atom. The molecule has 5 nitrogen and oxygen atoms in total. The Kier molecular flexibility index (Phi) is 4.70. The van der Waals surface area contributed by atoms with Gasteiger partial charge in [0.1, 0.15) is 0 Å². The van der Waals surface area contributed by atoms with E-state index in [0.29, 0.717) is 30.2 Å². The maximum atomic E-state index is 12.1. The van der Waals surface area contributed by atoms with Crippen LogP contribution in [0.5, 0.6) is 0 Å². The van der Waals surface area contributed by atoms with Crippen molar-refractivity contribution in [3.8, 4) is 11.4 Å². The van der Waals surface area contributed by atoms with Crippen LogP contribution in [0, 0.1) is 13.8 Å². The second-order valence-electron chi connectivity index (χ2n) is 5.70. The van der Waals surface area contributed by atoms with Crippen molar-refractivity contribution in [3.05, 3.63) is 71.1 Å². The van der Waals surface area contributed by atoms with Crippen molar-refractivity contribution in [1.82, 2.24) is 15.5 Å². The van der Waals surface area contributed by atoms with Gasteiger partial charge in [0.2, 0.25) is 11.7 Å². The number of aromatic nitrogens is 2. The lowest BCUT2D eigenvalue weighted by Gasteiger charge is -2.05. The highest BCUT2D eigenvalue weighted by atomic mass is 16.5. The second kappa shape index (κ2) is 7.08. The smallest absolute Gasteiger partial charge is 0.251 e. The van der Waals surface area contributed by atoms with Gasteiger partial charge in [0.25, 0.3) is 5.91 Å². The molecule has 0 unspecified atom stereocenters. The lowest BCUT2D eigenvalue weighted by Crippen LogP contribution is -2.26. The van der Waals surface area contributed by atoms with Crippen molar-refractivity contribution in [1.29, 1.82) is 0 Å². The first-order chi connectivity index (χ1) is 11.6. The van der Waals surface area contributed by atoms with Gasteiger partial charge in [-0.2, -0.15) is 4.98 Å². The lowest BCUT2D eigenvalue weighted by molar-refractivity contribution is 0.0953. The van der Waals surface area contributed by atoms with Gasteiger partial charge in [0.15, 0.2) is 0 Å². The van der Waals surface area contributed by atoms with E-state index in [9.17, 15) is 4.79 Å². The Balaban J connectivity index is 1.58. The van der Waals surface area contributed by atoms with Gasteiger partial charge < -0.3 is 9.84 Å². The van der Waals surface area contributed by atoms with E-state index >= 15 is 0 Å². The quantitative estimate of drug-likeness (QED) is 0.782. The number of benzene rings is 2. The fourth-order valence-corrected chi connectivity index (χ4v) is 2.46. The summed E-state index contributed by atoms with van der Waals surface area (Å²) in [6.07, 6.45) is 0.496. The summed E-state index contributed by atoms with van der Waals surface area (Å²) >= 11 is 0. The third kappa shape index (κ3) is 3.68. The summed E-state index contributed by atoms with van der Waals surface area (Å²) in [5.41, 5.74) is 3.70. The van der Waals surface area contributed by atoms with E-state index in [1.807, 2.05) is 62.4 Å². The van der Waals surface area contributed by atoms with E-state index in [1.54, 1.807) is 0 Å². The molecule has 122 valence electrons. The SMILES string of the molecule is Cc1cccc(-c2noc(CCNC(=O)c3ccccc3C)n2)c1. The predicted molar refractivity (Wildman–Crippen MR) is 91.7 cm³/mol. The van der Waals surface area contributed by atoms with Gasteiger partial charge in [-0.1, -0.05) is 47.1 Å². The van der Waals surface area contributed by atoms with Crippen LogP contribution < -0.4 is 5.32 Å². The summed E-state index contributed by atoms with van der Waals surface area (Å²) in [6, 6.07) is 15.4. The molecule has 24 heavy (non-hydrogen) atoms. The molecule has 1 amide bonds. The maximum absolute atomic E-state index is 12.1. The van der Waals surface area contributed by atoms with Gasteiger partial charge in [-0.15, -0.1) is 0 Å². The number of hydrogen-bond acceptors (Lipinski definition) is 4. The van der Waals surface area contributed by atoms with Gasteiger partial charge in [-0.25, -0.2) is 0 Å². The zero-order chi connectivity index (χ0) is 16.9. The molecule has 0 aliphatic carbocycles. The number of amides is 1. The average Bonchev–Trinajstić information content (AvgIpc) is 3.04. The summed E-state index contributed by atoms with van der Waals surface area (Å²) in [5, 5.41) is 6.88. The van der Waals surface area contributed by atoms with Gasteiger partial charge in [-0.05, 0) is 31.5 Å². The van der Waals surface area contributed by atoms with E-state index in [2.05, 4.69) is 15.5 Å². The minimum Gasteiger partial charge on any atom is -0.352 e. The molecule has 3 rings (SSSR count). The van der Waals surface area contributed by atoms with Crippen molar-refractivity contribution in [3.63, 3.8) is 0 Å². The molecule has 0 aliphatic rings. The first kappa shape index (κ1) is 15.9. The molecule has 0 spiro atoms. The van der Waals surface area contributed by atoms with Gasteiger partial charge in [0.05, 0.1) is 0 Å². The molecule has 0 saturated heterocycles. The van der Waals surface area contributed by atoms with Crippen LogP contribution in [0.15, 0.2) is 53.1 Å². The summed E-state index contributed by atoms with van der Waals surface area (Å²) in [4.78, 5) is 16.5. The zero-order valence-electron chi connectivity index (χ0n) is 13.7. The third-order valence-corrected chi connectivity index (χ3v) is 3.76. The molecule has 0 saturated carbocycles. The minimum atomic E-state index is -0.0912. The molecule has 3 aromatic rings. The Morgan fingerprint density at radius 1 is 1.12 bits per heavy atom. The monoisotopic (exact) mass is 321 g/mol. The Bertz CT molecular complexity index is 855. The standard InChI is InChI=1S/C19H19N3O2/c1-13-6-5-8-15(12-13)18-21-17(24-22-18)10-11-20-19(23)16-9-4-3-7-14(16)2/h3-9,12H,10-11H2,1-2H3,(H,20,23). The van der Waals surface area contributed by atoms with E-state index in [4.69, 9.17) is 4.52 Å². The molecule has 1 aromatic heterocycles. The predicted octanol–water partition coefficient (Wildman–Crippen LogP) is 3.33. The number of aryl methyl sites for hydroxylation is 2. The van der Waals surface area contributed by atoms with Crippen LogP contribution in [-0.2, 0) is 6.42 Å². The molecule has 0 fully saturated rings. The van der Waals surface area contributed by atoms with Crippen LogP contribution in [0.3, 0.4) is 0 Å². The summed E-state index contributed by atoms with van der Waals surface area (Å²) in [5.74, 6) is 0.988. The highest BCUT2D eigenvalue weighted by molar-refractivity contribution is 5.95. The van der Waals surface area contributed by atoms with Crippen LogP contribution in [0.2, 0.25) is 0 Å². The first-order valence-electron chi connectivity index (χ1n) is 7.87. The molecule has 5 heteroatoms. The Morgan fingerprint density at radius 2 is 1.96 bits per heavy atom. The fourth-order valence-electron chi connectivity index (χ4n) is 2.46. The number of rotatable bonds is 5. The zero-order valence-corrected chi connectivity index (χ0v) is 13.7. The molecular formula is C19H19N3O2. The second-order valence-corrected chi connectivity index (χ2v) is 5.70. The summed E-state index contributed by atoms with van der Waals surface area (Å²) in [7, 11) is 0. The van der Waals surface area contributed by atoms with Crippen LogP contribution in [0.1, 0.15) is 27.4 Å². The fraction of sp³-hybridized carbons (Fsp3) is 0.211. The normalized spacial score (nSPS) is 10.6. The Labute approximate surface area is 140 Å². The largest absolute Gasteiger partial charge is 0.352 e. The number of hydrogen-bond donors (Lipinski definition) is 1. The van der Waals surface area contributed by atoms with Crippen molar-refractivity contribution in [2.45, 2.75) is 20.3 Å². The van der Waals surface area contributed by atoms with E-state index < -0.39 is 0 Å². The van der Waals surface area contributed by atoms with E-state index in [-0.39, 0.29) is 5.91 Å². The molecule has 1 N–H and O–H groups in total. The highest BCUT2D eigenvalue weighted by Gasteiger charge is 2.11. The van der Waals surface area contributed by atoms with Crippen molar-refractivity contribution < 1.29 is 9.32 Å². The lowest BCUT2D eigenvalue weighted by atomic mass is 10.1. The van der Waals surface area contributed by atoms with E-state index in [0.717, 1.165) is 16.7 Å². The summed E-state index contributed by atoms with van der Waals surface area (Å²) in [6.45, 7) is 4.38. The molecule has 0 atom stereocenters. The highest BCUT2D eigenvalue weighted by Crippen LogP contribution is 2.17. The van der Waals surface area contributed by atoms with E-state index in [1.165, 1.54) is 0 Å². The van der Waals surface area contributed by atoms with Crippen LogP contribution in [-0.4, -0.2) is 22.6 Å². The van der Waals surface area contributed by atoms with Gasteiger partial charge >= 0.3 is 0 Å². The molecule has 0 radical (unpaired) electrons. The molecule has 0 aliphatic heterocycles. The topological polar surface area (TPSA) is 68.0 Å². The number of nitrogens with zero attached hydrogens (tertiary/aromatic N) is 2. The van der Waals surface area contributed by atoms with Crippen LogP contribution in [0.4, 0.5) is 0 Å². The van der Waals surface area contributed by atoms with Gasteiger partial charge in [0, 0.05) is 24.1 Å². The number of nitrogens with one attached hydrogen (secondary N) is 1. The average molecular weight is 321 g/mol. The van der Waals surface area contributed by atoms with Crippen molar-refractivity contribution in [2.24, 2.45) is 0 Å². The summed E-state index contributed by atoms with van der Waals surface area (Å²) < 4.78 is 5.26. The maximum Gasteiger partial charge on any atom is 0.251 e. The third-order valence-electron chi connectivity index (χ3n) is 3.76. The molecule has 0 bridgehead atoms. The van der Waals surface area contributed by atoms with Crippen LogP contribution in [0.25, 0.3) is 11.4 Å². The Hall–Kier alpha value is -2.95. The van der Waals surface area contributed by atoms with Gasteiger partial charge in [-0.3, -0.25) is 4.79 Å². The van der Waals surface area contributed by atoms with Crippen molar-refractivity contribution >= 4 is 5.91 Å². The number of carbonyl (C=O) groups is 1. The molecule has 2 aromatic carbocycles. The minimum absolute atomic E-state index is 0.0912. The molecule has 1 heterocycles.